The summed E-state index contributed by atoms with van der Waals surface area (Å²) in [5.41, 5.74) is 6.44. The molecule has 0 atom stereocenters. The second-order valence-corrected chi connectivity index (χ2v) is 14.6. The molecule has 1 nitrogen and oxygen atoms in total. The molecule has 0 saturated heterocycles. The Kier molecular flexibility index (Phi) is 5.43. The van der Waals surface area contributed by atoms with Crippen molar-refractivity contribution in [1.82, 2.24) is 4.98 Å². The van der Waals surface area contributed by atoms with Crippen molar-refractivity contribution in [2.45, 2.75) is 19.6 Å². The van der Waals surface area contributed by atoms with Crippen LogP contribution >= 0.6 is 0 Å². The average Bonchev–Trinajstić information content (AvgIpc) is 2.83. The number of rotatable bonds is 4. The Bertz CT molecular complexity index is 1410. The van der Waals surface area contributed by atoms with Gasteiger partial charge in [0, 0.05) is 17.3 Å². The van der Waals surface area contributed by atoms with Crippen LogP contribution in [0.4, 0.5) is 4.39 Å². The summed E-state index contributed by atoms with van der Waals surface area (Å²) >= 11 is 0. The first-order valence-electron chi connectivity index (χ1n) is 11.2. The molecule has 1 aromatic heterocycles. The summed E-state index contributed by atoms with van der Waals surface area (Å²) in [5.74, 6) is -0.218. The standard InChI is InChI=1S/C30H26FNSi/c1-33(2,3)29-15-10-23(11-16-29)30-17-12-26(20-32-30)25-7-5-22-4-6-24(18-27(22)19-25)21-8-13-28(31)14-9-21/h4-20H,1-3H3. The number of hydrogen-bond donors (Lipinski definition) is 0. The van der Waals surface area contributed by atoms with Gasteiger partial charge < -0.3 is 0 Å². The average molecular weight is 448 g/mol. The van der Waals surface area contributed by atoms with Crippen molar-refractivity contribution in [2.24, 2.45) is 0 Å². The third-order valence-electron chi connectivity index (χ3n) is 6.16. The van der Waals surface area contributed by atoms with Gasteiger partial charge in [0.15, 0.2) is 0 Å². The monoisotopic (exact) mass is 447 g/mol. The van der Waals surface area contributed by atoms with Crippen LogP contribution in [0.3, 0.4) is 0 Å². The molecule has 0 aliphatic rings. The molecule has 0 spiro atoms. The molecule has 0 aliphatic carbocycles. The van der Waals surface area contributed by atoms with Crippen LogP contribution in [0.5, 0.6) is 0 Å². The predicted molar refractivity (Wildman–Crippen MR) is 141 cm³/mol. The lowest BCUT2D eigenvalue weighted by Gasteiger charge is -2.16. The summed E-state index contributed by atoms with van der Waals surface area (Å²) in [7, 11) is -1.30. The van der Waals surface area contributed by atoms with E-state index < -0.39 is 8.07 Å². The van der Waals surface area contributed by atoms with Crippen LogP contribution in [-0.4, -0.2) is 13.1 Å². The van der Waals surface area contributed by atoms with E-state index in [-0.39, 0.29) is 5.82 Å². The van der Waals surface area contributed by atoms with E-state index >= 15 is 0 Å². The second kappa shape index (κ2) is 8.42. The summed E-state index contributed by atoms with van der Waals surface area (Å²) in [5, 5.41) is 3.79. The van der Waals surface area contributed by atoms with Gasteiger partial charge in [0.05, 0.1) is 13.8 Å². The Hall–Kier alpha value is -3.56. The first kappa shape index (κ1) is 21.3. The highest BCUT2D eigenvalue weighted by Gasteiger charge is 2.16. The first-order valence-corrected chi connectivity index (χ1v) is 14.7. The fourth-order valence-electron chi connectivity index (χ4n) is 4.12. The Morgan fingerprint density at radius 1 is 0.545 bits per heavy atom. The number of halogens is 1. The molecule has 0 bridgehead atoms. The van der Waals surface area contributed by atoms with Crippen molar-refractivity contribution in [1.29, 1.82) is 0 Å². The highest BCUT2D eigenvalue weighted by atomic mass is 28.3. The zero-order chi connectivity index (χ0) is 23.0. The molecule has 5 aromatic rings. The van der Waals surface area contributed by atoms with Gasteiger partial charge in [0.2, 0.25) is 0 Å². The molecular formula is C30H26FNSi. The normalized spacial score (nSPS) is 11.6. The molecule has 0 radical (unpaired) electrons. The van der Waals surface area contributed by atoms with Crippen LogP contribution in [0.1, 0.15) is 0 Å². The van der Waals surface area contributed by atoms with E-state index in [2.05, 4.69) is 92.4 Å². The highest BCUT2D eigenvalue weighted by Crippen LogP contribution is 2.29. The first-order chi connectivity index (χ1) is 15.9. The largest absolute Gasteiger partial charge is 0.256 e. The van der Waals surface area contributed by atoms with Gasteiger partial charge >= 0.3 is 0 Å². The Morgan fingerprint density at radius 2 is 1.09 bits per heavy atom. The van der Waals surface area contributed by atoms with Gasteiger partial charge in [-0.05, 0) is 57.8 Å². The number of benzene rings is 4. The lowest BCUT2D eigenvalue weighted by atomic mass is 9.98. The molecule has 4 aromatic carbocycles. The van der Waals surface area contributed by atoms with Crippen LogP contribution in [0.15, 0.2) is 103 Å². The molecule has 0 saturated carbocycles. The summed E-state index contributed by atoms with van der Waals surface area (Å²) in [6.07, 6.45) is 1.95. The molecular weight excluding hydrogens is 421 g/mol. The smallest absolute Gasteiger partial charge is 0.123 e. The van der Waals surface area contributed by atoms with E-state index in [1.165, 1.54) is 22.7 Å². The van der Waals surface area contributed by atoms with Gasteiger partial charge in [-0.1, -0.05) is 91.6 Å². The molecule has 0 N–H and O–H groups in total. The minimum atomic E-state index is -1.30. The lowest BCUT2D eigenvalue weighted by molar-refractivity contribution is 0.628. The number of pyridine rings is 1. The van der Waals surface area contributed by atoms with E-state index in [1.807, 2.05) is 18.3 Å². The third-order valence-corrected chi connectivity index (χ3v) is 8.23. The van der Waals surface area contributed by atoms with Gasteiger partial charge in [-0.2, -0.15) is 0 Å². The maximum absolute atomic E-state index is 13.3. The fourth-order valence-corrected chi connectivity index (χ4v) is 5.29. The van der Waals surface area contributed by atoms with Crippen molar-refractivity contribution in [3.8, 4) is 33.5 Å². The third kappa shape index (κ3) is 4.50. The van der Waals surface area contributed by atoms with Crippen LogP contribution in [0.25, 0.3) is 44.3 Å². The van der Waals surface area contributed by atoms with Crippen LogP contribution in [-0.2, 0) is 0 Å². The second-order valence-electron chi connectivity index (χ2n) is 9.54. The van der Waals surface area contributed by atoms with Crippen LogP contribution in [0, 0.1) is 5.82 Å². The number of fused-ring (bicyclic) bond motifs is 1. The van der Waals surface area contributed by atoms with Crippen molar-refractivity contribution in [2.75, 3.05) is 0 Å². The highest BCUT2D eigenvalue weighted by molar-refractivity contribution is 6.88. The molecule has 0 amide bonds. The van der Waals surface area contributed by atoms with Crippen molar-refractivity contribution >= 4 is 24.0 Å². The molecule has 0 aliphatic heterocycles. The maximum atomic E-state index is 13.3. The van der Waals surface area contributed by atoms with Gasteiger partial charge in [-0.3, -0.25) is 4.98 Å². The minimum absolute atomic E-state index is 0.218. The maximum Gasteiger partial charge on any atom is 0.123 e. The zero-order valence-corrected chi connectivity index (χ0v) is 20.1. The quantitative estimate of drug-likeness (QED) is 0.255. The number of hydrogen-bond acceptors (Lipinski definition) is 1. The topological polar surface area (TPSA) is 12.9 Å². The van der Waals surface area contributed by atoms with Crippen molar-refractivity contribution in [3.05, 3.63) is 109 Å². The minimum Gasteiger partial charge on any atom is -0.256 e. The van der Waals surface area contributed by atoms with Gasteiger partial charge in [0.25, 0.3) is 0 Å². The van der Waals surface area contributed by atoms with Crippen molar-refractivity contribution < 1.29 is 4.39 Å². The van der Waals surface area contributed by atoms with Gasteiger partial charge in [0.1, 0.15) is 5.82 Å². The summed E-state index contributed by atoms with van der Waals surface area (Å²) in [4.78, 5) is 4.75. The van der Waals surface area contributed by atoms with E-state index in [0.717, 1.165) is 38.9 Å². The SMILES string of the molecule is C[Si](C)(C)c1ccc(-c2ccc(-c3ccc4ccc(-c5ccc(F)cc5)cc4c3)cn2)cc1. The van der Waals surface area contributed by atoms with Gasteiger partial charge in [-0.25, -0.2) is 4.39 Å². The van der Waals surface area contributed by atoms with Gasteiger partial charge in [-0.15, -0.1) is 0 Å². The predicted octanol–water partition coefficient (Wildman–Crippen LogP) is 7.92. The molecule has 3 heteroatoms. The summed E-state index contributed by atoms with van der Waals surface area (Å²) in [6.45, 7) is 7.09. The van der Waals surface area contributed by atoms with E-state index in [4.69, 9.17) is 4.98 Å². The lowest BCUT2D eigenvalue weighted by Crippen LogP contribution is -2.37. The molecule has 1 heterocycles. The molecule has 0 fully saturated rings. The molecule has 162 valence electrons. The van der Waals surface area contributed by atoms with Crippen LogP contribution < -0.4 is 5.19 Å². The van der Waals surface area contributed by atoms with E-state index in [9.17, 15) is 4.39 Å². The number of aromatic nitrogens is 1. The summed E-state index contributed by atoms with van der Waals surface area (Å²) < 4.78 is 13.3. The Labute approximate surface area is 195 Å². The Balaban J connectivity index is 1.44. The fraction of sp³-hybridized carbons (Fsp3) is 0.100. The van der Waals surface area contributed by atoms with Crippen LogP contribution in [0.2, 0.25) is 19.6 Å². The van der Waals surface area contributed by atoms with E-state index in [0.29, 0.717) is 0 Å². The number of nitrogens with zero attached hydrogens (tertiary/aromatic N) is 1. The molecule has 5 rings (SSSR count). The van der Waals surface area contributed by atoms with Crippen molar-refractivity contribution in [3.63, 3.8) is 0 Å². The zero-order valence-electron chi connectivity index (χ0n) is 19.1. The molecule has 33 heavy (non-hydrogen) atoms. The summed E-state index contributed by atoms with van der Waals surface area (Å²) in [6, 6.07) is 32.6. The molecule has 0 unspecified atom stereocenters. The van der Waals surface area contributed by atoms with E-state index in [1.54, 1.807) is 0 Å². The Morgan fingerprint density at radius 3 is 1.67 bits per heavy atom.